The van der Waals surface area contributed by atoms with Gasteiger partial charge in [-0.25, -0.2) is 9.97 Å². The van der Waals surface area contributed by atoms with Crippen LogP contribution in [0.2, 0.25) is 0 Å². The van der Waals surface area contributed by atoms with Crippen molar-refractivity contribution in [2.45, 2.75) is 26.7 Å². The highest BCUT2D eigenvalue weighted by molar-refractivity contribution is 6.03. The van der Waals surface area contributed by atoms with Gasteiger partial charge in [-0.05, 0) is 70.1 Å². The van der Waals surface area contributed by atoms with Crippen molar-refractivity contribution in [1.82, 2.24) is 19.4 Å². The number of nitrogens with zero attached hydrogens (tertiary/aromatic N) is 4. The van der Waals surface area contributed by atoms with Gasteiger partial charge in [-0.3, -0.25) is 9.69 Å². The molecule has 2 aromatic heterocycles. The molecule has 0 bridgehead atoms. The molecule has 0 radical (unpaired) electrons. The minimum atomic E-state index is -0.154. The van der Waals surface area contributed by atoms with Crippen LogP contribution in [0.15, 0.2) is 42.9 Å². The van der Waals surface area contributed by atoms with Crippen LogP contribution in [0, 0.1) is 13.8 Å². The second kappa shape index (κ2) is 9.31. The number of nitrogens with one attached hydrogen (secondary N) is 1. The maximum atomic E-state index is 12.7. The first kappa shape index (κ1) is 21.1. The van der Waals surface area contributed by atoms with E-state index >= 15 is 0 Å². The van der Waals surface area contributed by atoms with E-state index < -0.39 is 0 Å². The van der Waals surface area contributed by atoms with Crippen LogP contribution in [0.1, 0.15) is 34.7 Å². The summed E-state index contributed by atoms with van der Waals surface area (Å²) in [4.78, 5) is 23.9. The molecule has 0 aliphatic carbocycles. The van der Waals surface area contributed by atoms with Crippen molar-refractivity contribution < 1.29 is 9.53 Å². The molecule has 7 heteroatoms. The van der Waals surface area contributed by atoms with E-state index in [0.29, 0.717) is 18.0 Å². The van der Waals surface area contributed by atoms with Crippen LogP contribution in [-0.2, 0) is 7.05 Å². The van der Waals surface area contributed by atoms with E-state index in [1.54, 1.807) is 17.0 Å². The predicted octanol–water partition coefficient (Wildman–Crippen LogP) is 3.83. The number of benzene rings is 1. The molecule has 3 heterocycles. The molecule has 0 unspecified atom stereocenters. The Labute approximate surface area is 183 Å². The monoisotopic (exact) mass is 419 g/mol. The average Bonchev–Trinajstić information content (AvgIpc) is 3.41. The summed E-state index contributed by atoms with van der Waals surface area (Å²) in [6, 6.07) is 9.40. The van der Waals surface area contributed by atoms with E-state index in [-0.39, 0.29) is 5.91 Å². The summed E-state index contributed by atoms with van der Waals surface area (Å²) in [6.45, 7) is 7.75. The van der Waals surface area contributed by atoms with Gasteiger partial charge < -0.3 is 14.6 Å². The van der Waals surface area contributed by atoms with Gasteiger partial charge in [-0.15, -0.1) is 0 Å². The van der Waals surface area contributed by atoms with Gasteiger partial charge >= 0.3 is 0 Å². The lowest BCUT2D eigenvalue weighted by molar-refractivity contribution is 0.101. The molecule has 0 atom stereocenters. The summed E-state index contributed by atoms with van der Waals surface area (Å²) in [7, 11) is 1.85. The molecule has 1 saturated heterocycles. The number of hydrogen-bond donors (Lipinski definition) is 1. The molecule has 4 rings (SSSR count). The summed E-state index contributed by atoms with van der Waals surface area (Å²) in [5, 5.41) is 3.00. The van der Waals surface area contributed by atoms with Crippen molar-refractivity contribution in [2.75, 3.05) is 31.6 Å². The molecule has 1 aliphatic rings. The Morgan fingerprint density at radius 1 is 1.13 bits per heavy atom. The van der Waals surface area contributed by atoms with Crippen LogP contribution < -0.4 is 10.1 Å². The fraction of sp³-hybridized carbons (Fsp3) is 0.375. The van der Waals surface area contributed by atoms with Crippen LogP contribution in [0.25, 0.3) is 11.1 Å². The van der Waals surface area contributed by atoms with Crippen molar-refractivity contribution in [2.24, 2.45) is 7.05 Å². The van der Waals surface area contributed by atoms with Crippen LogP contribution in [0.5, 0.6) is 5.75 Å². The summed E-state index contributed by atoms with van der Waals surface area (Å²) in [6.07, 6.45) is 5.95. The molecule has 3 aromatic rings. The predicted molar refractivity (Wildman–Crippen MR) is 121 cm³/mol. The van der Waals surface area contributed by atoms with Crippen LogP contribution in [-0.4, -0.2) is 51.6 Å². The van der Waals surface area contributed by atoms with Crippen LogP contribution >= 0.6 is 0 Å². The lowest BCUT2D eigenvalue weighted by Crippen LogP contribution is -2.25. The van der Waals surface area contributed by atoms with Gasteiger partial charge in [0, 0.05) is 48.0 Å². The second-order valence-corrected chi connectivity index (χ2v) is 7.99. The first-order chi connectivity index (χ1) is 15.0. The largest absolute Gasteiger partial charge is 0.492 e. The van der Waals surface area contributed by atoms with Crippen LogP contribution in [0.4, 0.5) is 5.69 Å². The zero-order chi connectivity index (χ0) is 21.8. The maximum Gasteiger partial charge on any atom is 0.272 e. The number of ether oxygens (including phenoxy) is 1. The van der Waals surface area contributed by atoms with Crippen molar-refractivity contribution >= 4 is 11.6 Å². The van der Waals surface area contributed by atoms with Gasteiger partial charge in [-0.2, -0.15) is 0 Å². The maximum absolute atomic E-state index is 12.7. The Balaban J connectivity index is 1.61. The molecule has 0 saturated carbocycles. The lowest BCUT2D eigenvalue weighted by atomic mass is 10.0. The Hall–Kier alpha value is -3.19. The molecule has 1 aliphatic heterocycles. The molecule has 0 spiro atoms. The number of carbonyl (C=O) groups is 1. The lowest BCUT2D eigenvalue weighted by Gasteiger charge is -2.18. The van der Waals surface area contributed by atoms with Gasteiger partial charge in [0.15, 0.2) is 0 Å². The quantitative estimate of drug-likeness (QED) is 0.630. The third kappa shape index (κ3) is 4.77. The fourth-order valence-electron chi connectivity index (χ4n) is 4.09. The average molecular weight is 420 g/mol. The van der Waals surface area contributed by atoms with Gasteiger partial charge in [-0.1, -0.05) is 0 Å². The number of aryl methyl sites for hydroxylation is 3. The number of carbonyl (C=O) groups excluding carboxylic acids is 1. The number of rotatable bonds is 7. The van der Waals surface area contributed by atoms with E-state index in [1.807, 2.05) is 51.4 Å². The fourth-order valence-corrected chi connectivity index (χ4v) is 4.09. The van der Waals surface area contributed by atoms with Crippen LogP contribution in [0.3, 0.4) is 0 Å². The molecule has 1 fully saturated rings. The summed E-state index contributed by atoms with van der Waals surface area (Å²) < 4.78 is 8.00. The molecule has 7 nitrogen and oxygen atoms in total. The molecule has 1 aromatic carbocycles. The SMILES string of the molecule is Cc1ncnc(C)c1-c1cc(NC(=O)c2cccn2C)ccc1OCCN1CCCC1. The third-order valence-corrected chi connectivity index (χ3v) is 5.77. The highest BCUT2D eigenvalue weighted by atomic mass is 16.5. The number of anilines is 1. The Morgan fingerprint density at radius 3 is 2.55 bits per heavy atom. The van der Waals surface area contributed by atoms with Gasteiger partial charge in [0.05, 0.1) is 0 Å². The minimum absolute atomic E-state index is 0.154. The second-order valence-electron chi connectivity index (χ2n) is 7.99. The molecular weight excluding hydrogens is 390 g/mol. The number of likely N-dealkylation sites (tertiary alicyclic amines) is 1. The Bertz CT molecular complexity index is 1050. The van der Waals surface area contributed by atoms with Crippen molar-refractivity contribution in [1.29, 1.82) is 0 Å². The van der Waals surface area contributed by atoms with Crippen molar-refractivity contribution in [3.63, 3.8) is 0 Å². The van der Waals surface area contributed by atoms with Crippen molar-refractivity contribution in [3.05, 3.63) is 59.9 Å². The Kier molecular flexibility index (Phi) is 6.32. The first-order valence-corrected chi connectivity index (χ1v) is 10.7. The van der Waals surface area contributed by atoms with Gasteiger partial charge in [0.25, 0.3) is 5.91 Å². The first-order valence-electron chi connectivity index (χ1n) is 10.7. The zero-order valence-electron chi connectivity index (χ0n) is 18.4. The van der Waals surface area contributed by atoms with Gasteiger partial charge in [0.1, 0.15) is 24.4 Å². The Morgan fingerprint density at radius 2 is 1.87 bits per heavy atom. The molecule has 1 amide bonds. The van der Waals surface area contributed by atoms with E-state index in [4.69, 9.17) is 4.74 Å². The van der Waals surface area contributed by atoms with Gasteiger partial charge in [0.2, 0.25) is 0 Å². The normalized spacial score (nSPS) is 14.0. The van der Waals surface area contributed by atoms with Crippen molar-refractivity contribution in [3.8, 4) is 16.9 Å². The number of amides is 1. The van der Waals surface area contributed by atoms with E-state index in [1.165, 1.54) is 12.8 Å². The topological polar surface area (TPSA) is 72.3 Å². The minimum Gasteiger partial charge on any atom is -0.492 e. The summed E-state index contributed by atoms with van der Waals surface area (Å²) in [5.74, 6) is 0.621. The molecule has 162 valence electrons. The third-order valence-electron chi connectivity index (χ3n) is 5.77. The molecule has 31 heavy (non-hydrogen) atoms. The highest BCUT2D eigenvalue weighted by Gasteiger charge is 2.17. The molecule has 1 N–H and O–H groups in total. The number of aromatic nitrogens is 3. The highest BCUT2D eigenvalue weighted by Crippen LogP contribution is 2.35. The van der Waals surface area contributed by atoms with E-state index in [9.17, 15) is 4.79 Å². The smallest absolute Gasteiger partial charge is 0.272 e. The van der Waals surface area contributed by atoms with E-state index in [0.717, 1.165) is 47.9 Å². The zero-order valence-corrected chi connectivity index (χ0v) is 18.4. The number of hydrogen-bond acceptors (Lipinski definition) is 5. The summed E-state index contributed by atoms with van der Waals surface area (Å²) >= 11 is 0. The summed E-state index contributed by atoms with van der Waals surface area (Å²) in [5.41, 5.74) is 4.89. The van der Waals surface area contributed by atoms with E-state index in [2.05, 4.69) is 20.2 Å². The molecular formula is C24H29N5O2. The standard InChI is InChI=1S/C24H29N5O2/c1-17-23(18(2)26-16-25-17)20-15-19(27-24(30)21-7-6-10-28(21)3)8-9-22(20)31-14-13-29-11-4-5-12-29/h6-10,15-16H,4-5,11-14H2,1-3H3,(H,27,30).